The number of fused-ring (bicyclic) bond motifs is 1. The lowest BCUT2D eigenvalue weighted by Gasteiger charge is -2.11. The van der Waals surface area contributed by atoms with Crippen LogP contribution in [0.25, 0.3) is 0 Å². The van der Waals surface area contributed by atoms with E-state index in [4.69, 9.17) is 9.94 Å². The van der Waals surface area contributed by atoms with Crippen molar-refractivity contribution in [3.8, 4) is 5.75 Å². The van der Waals surface area contributed by atoms with Crippen LogP contribution in [-0.4, -0.2) is 17.5 Å². The van der Waals surface area contributed by atoms with Crippen molar-refractivity contribution in [3.63, 3.8) is 0 Å². The van der Waals surface area contributed by atoms with Crippen LogP contribution in [-0.2, 0) is 6.42 Å². The smallest absolute Gasteiger partial charge is 0.123 e. The second-order valence-electron chi connectivity index (χ2n) is 5.21. The largest absolute Gasteiger partial charge is 0.493 e. The third-order valence-corrected chi connectivity index (χ3v) is 3.36. The van der Waals surface area contributed by atoms with Crippen LogP contribution in [0, 0.1) is 5.92 Å². The Bertz CT molecular complexity index is 438. The van der Waals surface area contributed by atoms with Crippen molar-refractivity contribution >= 4 is 5.71 Å². The van der Waals surface area contributed by atoms with Gasteiger partial charge in [0, 0.05) is 11.1 Å². The molecule has 0 saturated carbocycles. The van der Waals surface area contributed by atoms with E-state index in [0.29, 0.717) is 0 Å². The zero-order chi connectivity index (χ0) is 13.0. The van der Waals surface area contributed by atoms with Gasteiger partial charge in [-0.2, -0.15) is 0 Å². The number of ether oxygens (including phenoxy) is 1. The lowest BCUT2D eigenvalue weighted by Crippen LogP contribution is -2.02. The van der Waals surface area contributed by atoms with E-state index >= 15 is 0 Å². The fourth-order valence-electron chi connectivity index (χ4n) is 2.38. The van der Waals surface area contributed by atoms with Crippen LogP contribution < -0.4 is 4.74 Å². The van der Waals surface area contributed by atoms with Crippen molar-refractivity contribution in [3.05, 3.63) is 29.3 Å². The van der Waals surface area contributed by atoms with Crippen LogP contribution in [0.15, 0.2) is 23.4 Å². The molecule has 0 saturated heterocycles. The van der Waals surface area contributed by atoms with Crippen molar-refractivity contribution in [2.45, 2.75) is 39.5 Å². The molecule has 1 aromatic carbocycles. The van der Waals surface area contributed by atoms with E-state index in [1.807, 2.05) is 18.2 Å². The summed E-state index contributed by atoms with van der Waals surface area (Å²) in [7, 11) is 0. The maximum Gasteiger partial charge on any atom is 0.123 e. The van der Waals surface area contributed by atoms with Crippen LogP contribution in [0.3, 0.4) is 0 Å². The summed E-state index contributed by atoms with van der Waals surface area (Å²) in [5, 5.41) is 12.3. The van der Waals surface area contributed by atoms with Crippen LogP contribution >= 0.6 is 0 Å². The Labute approximate surface area is 108 Å². The molecule has 3 heteroatoms. The Hall–Kier alpha value is -1.51. The topological polar surface area (TPSA) is 41.8 Å². The quantitative estimate of drug-likeness (QED) is 0.490. The Morgan fingerprint density at radius 1 is 1.33 bits per heavy atom. The molecule has 0 atom stereocenters. The van der Waals surface area contributed by atoms with Gasteiger partial charge in [0.1, 0.15) is 5.75 Å². The first-order valence-corrected chi connectivity index (χ1v) is 6.68. The first-order valence-electron chi connectivity index (χ1n) is 6.68. The van der Waals surface area contributed by atoms with Crippen LogP contribution in [0.5, 0.6) is 5.75 Å². The minimum Gasteiger partial charge on any atom is -0.493 e. The van der Waals surface area contributed by atoms with Gasteiger partial charge in [0.25, 0.3) is 0 Å². The summed E-state index contributed by atoms with van der Waals surface area (Å²) in [4.78, 5) is 0. The number of hydrogen-bond acceptors (Lipinski definition) is 3. The molecule has 1 aromatic rings. The van der Waals surface area contributed by atoms with Gasteiger partial charge in [-0.25, -0.2) is 0 Å². The molecule has 0 fully saturated rings. The highest BCUT2D eigenvalue weighted by Crippen LogP contribution is 2.31. The van der Waals surface area contributed by atoms with E-state index in [1.165, 1.54) is 12.0 Å². The van der Waals surface area contributed by atoms with E-state index in [2.05, 4.69) is 19.0 Å². The third-order valence-electron chi connectivity index (χ3n) is 3.36. The van der Waals surface area contributed by atoms with Crippen molar-refractivity contribution in [1.29, 1.82) is 0 Å². The highest BCUT2D eigenvalue weighted by Gasteiger charge is 2.21. The molecule has 1 aliphatic carbocycles. The predicted octanol–water partition coefficient (Wildman–Crippen LogP) is 3.63. The third kappa shape index (κ3) is 2.84. The van der Waals surface area contributed by atoms with Crippen molar-refractivity contribution in [1.82, 2.24) is 0 Å². The number of rotatable bonds is 5. The van der Waals surface area contributed by atoms with E-state index in [-0.39, 0.29) is 0 Å². The van der Waals surface area contributed by atoms with Gasteiger partial charge in [0.2, 0.25) is 0 Å². The first kappa shape index (κ1) is 12.9. The first-order chi connectivity index (χ1) is 8.72. The summed E-state index contributed by atoms with van der Waals surface area (Å²) >= 11 is 0. The lowest BCUT2D eigenvalue weighted by atomic mass is 10.1. The number of benzene rings is 1. The van der Waals surface area contributed by atoms with Gasteiger partial charge in [-0.3, -0.25) is 0 Å². The Kier molecular flexibility index (Phi) is 4.24. The molecule has 18 heavy (non-hydrogen) atoms. The minimum atomic E-state index is 0.725. The average Bonchev–Trinajstić information content (AvgIpc) is 2.78. The molecule has 2 rings (SSSR count). The molecular formula is C15H21NO2. The molecule has 0 aliphatic heterocycles. The Morgan fingerprint density at radius 2 is 2.17 bits per heavy atom. The van der Waals surface area contributed by atoms with E-state index in [0.717, 1.165) is 48.8 Å². The van der Waals surface area contributed by atoms with Gasteiger partial charge in [-0.15, -0.1) is 0 Å². The normalized spacial score (nSPS) is 16.3. The molecule has 1 N–H and O–H groups in total. The summed E-state index contributed by atoms with van der Waals surface area (Å²) in [6.45, 7) is 5.22. The van der Waals surface area contributed by atoms with Crippen LogP contribution in [0.2, 0.25) is 0 Å². The second kappa shape index (κ2) is 5.89. The van der Waals surface area contributed by atoms with Crippen molar-refractivity contribution < 1.29 is 9.94 Å². The molecule has 0 heterocycles. The Morgan fingerprint density at radius 3 is 2.89 bits per heavy atom. The molecule has 0 spiro atoms. The number of nitrogens with zero attached hydrogens (tertiary/aromatic N) is 1. The van der Waals surface area contributed by atoms with Crippen molar-refractivity contribution in [2.75, 3.05) is 6.61 Å². The zero-order valence-corrected chi connectivity index (χ0v) is 11.1. The zero-order valence-electron chi connectivity index (χ0n) is 11.1. The molecule has 0 aromatic heterocycles. The molecule has 0 radical (unpaired) electrons. The van der Waals surface area contributed by atoms with E-state index in [9.17, 15) is 0 Å². The summed E-state index contributed by atoms with van der Waals surface area (Å²) in [6.07, 6.45) is 3.99. The standard InChI is InChI=1S/C15H21NO2/c1-11(2)5-4-10-18-15-7-3-6-12-13(15)8-9-14(12)16-17/h3,6-7,11,17H,4-5,8-10H2,1-2H3/b16-14+. The van der Waals surface area contributed by atoms with Gasteiger partial charge in [0.05, 0.1) is 12.3 Å². The predicted molar refractivity (Wildman–Crippen MR) is 72.7 cm³/mol. The van der Waals surface area contributed by atoms with Gasteiger partial charge < -0.3 is 9.94 Å². The summed E-state index contributed by atoms with van der Waals surface area (Å²) in [5.41, 5.74) is 3.01. The second-order valence-corrected chi connectivity index (χ2v) is 5.21. The molecule has 0 bridgehead atoms. The summed E-state index contributed by atoms with van der Waals surface area (Å²) < 4.78 is 5.86. The average molecular weight is 247 g/mol. The number of hydrogen-bond donors (Lipinski definition) is 1. The lowest BCUT2D eigenvalue weighted by molar-refractivity contribution is 0.295. The van der Waals surface area contributed by atoms with Crippen LogP contribution in [0.4, 0.5) is 0 Å². The molecule has 3 nitrogen and oxygen atoms in total. The maximum atomic E-state index is 8.93. The highest BCUT2D eigenvalue weighted by molar-refractivity contribution is 6.04. The molecule has 0 amide bonds. The van der Waals surface area contributed by atoms with Crippen LogP contribution in [0.1, 0.15) is 44.2 Å². The summed E-state index contributed by atoms with van der Waals surface area (Å²) in [6, 6.07) is 5.97. The molecule has 98 valence electrons. The minimum absolute atomic E-state index is 0.725. The highest BCUT2D eigenvalue weighted by atomic mass is 16.5. The SMILES string of the molecule is CC(C)CCCOc1cccc2c1CC/C2=N\O. The molecule has 1 aliphatic rings. The Balaban J connectivity index is 2.00. The summed E-state index contributed by atoms with van der Waals surface area (Å²) in [5.74, 6) is 1.68. The fraction of sp³-hybridized carbons (Fsp3) is 0.533. The molecule has 0 unspecified atom stereocenters. The van der Waals surface area contributed by atoms with Gasteiger partial charge >= 0.3 is 0 Å². The fourth-order valence-corrected chi connectivity index (χ4v) is 2.38. The number of oxime groups is 1. The molecular weight excluding hydrogens is 226 g/mol. The van der Waals surface area contributed by atoms with Gasteiger partial charge in [0.15, 0.2) is 0 Å². The monoisotopic (exact) mass is 247 g/mol. The van der Waals surface area contributed by atoms with Crippen molar-refractivity contribution in [2.24, 2.45) is 11.1 Å². The van der Waals surface area contributed by atoms with Gasteiger partial charge in [-0.1, -0.05) is 31.1 Å². The van der Waals surface area contributed by atoms with E-state index < -0.39 is 0 Å². The van der Waals surface area contributed by atoms with E-state index in [1.54, 1.807) is 0 Å². The van der Waals surface area contributed by atoms with Gasteiger partial charge in [-0.05, 0) is 37.7 Å². The maximum absolute atomic E-state index is 8.93.